The minimum absolute atomic E-state index is 0.155. The molecule has 0 bridgehead atoms. The van der Waals surface area contributed by atoms with Crippen LogP contribution in [0.3, 0.4) is 0 Å². The first-order valence-corrected chi connectivity index (χ1v) is 7.46. The van der Waals surface area contributed by atoms with Crippen molar-refractivity contribution in [2.45, 2.75) is 25.4 Å². The highest BCUT2D eigenvalue weighted by Gasteiger charge is 2.34. The van der Waals surface area contributed by atoms with Gasteiger partial charge in [-0.25, -0.2) is 0 Å². The van der Waals surface area contributed by atoms with Crippen molar-refractivity contribution in [1.29, 1.82) is 0 Å². The van der Waals surface area contributed by atoms with Crippen LogP contribution in [-0.2, 0) is 11.2 Å². The molecular formula is C16H22N2O2. The van der Waals surface area contributed by atoms with Crippen molar-refractivity contribution in [3.8, 4) is 5.75 Å². The number of para-hydroxylation sites is 1. The molecule has 4 heteroatoms. The third-order valence-electron chi connectivity index (χ3n) is 4.25. The highest BCUT2D eigenvalue weighted by Crippen LogP contribution is 2.29. The molecule has 0 aliphatic carbocycles. The first kappa shape index (κ1) is 13.4. The van der Waals surface area contributed by atoms with E-state index >= 15 is 0 Å². The number of benzene rings is 1. The fraction of sp³-hybridized carbons (Fsp3) is 0.562. The summed E-state index contributed by atoms with van der Waals surface area (Å²) in [6, 6.07) is 7.94. The Balaban J connectivity index is 1.63. The Bertz CT molecular complexity index is 462. The number of fused-ring (bicyclic) bond motifs is 1. The van der Waals surface area contributed by atoms with Crippen LogP contribution in [0.15, 0.2) is 24.3 Å². The quantitative estimate of drug-likeness (QED) is 0.907. The van der Waals surface area contributed by atoms with Crippen molar-refractivity contribution in [1.82, 2.24) is 10.2 Å². The van der Waals surface area contributed by atoms with Gasteiger partial charge in [0.05, 0.1) is 0 Å². The van der Waals surface area contributed by atoms with Gasteiger partial charge in [0.2, 0.25) is 0 Å². The number of ether oxygens (including phenoxy) is 1. The standard InChI is InChI=1S/C16H22N2O2/c1-17-10-12-5-4-8-18(11-12)16(19)15-9-13-6-2-3-7-14(13)20-15/h2-3,6-7,12,15,17H,4-5,8-11H2,1H3. The molecule has 20 heavy (non-hydrogen) atoms. The lowest BCUT2D eigenvalue weighted by atomic mass is 9.97. The third kappa shape index (κ3) is 2.66. The molecule has 0 saturated carbocycles. The fourth-order valence-corrected chi connectivity index (χ4v) is 3.24. The van der Waals surface area contributed by atoms with Gasteiger partial charge in [0.1, 0.15) is 5.75 Å². The van der Waals surface area contributed by atoms with Crippen LogP contribution in [0.25, 0.3) is 0 Å². The van der Waals surface area contributed by atoms with Gasteiger partial charge < -0.3 is 15.0 Å². The summed E-state index contributed by atoms with van der Waals surface area (Å²) in [6.45, 7) is 2.71. The Hall–Kier alpha value is -1.55. The molecule has 3 rings (SSSR count). The van der Waals surface area contributed by atoms with Gasteiger partial charge in [0.15, 0.2) is 6.10 Å². The number of nitrogens with zero attached hydrogens (tertiary/aromatic N) is 1. The second-order valence-corrected chi connectivity index (χ2v) is 5.77. The van der Waals surface area contributed by atoms with Crippen molar-refractivity contribution in [2.24, 2.45) is 5.92 Å². The summed E-state index contributed by atoms with van der Waals surface area (Å²) in [6.07, 6.45) is 2.69. The summed E-state index contributed by atoms with van der Waals surface area (Å²) in [7, 11) is 1.97. The van der Waals surface area contributed by atoms with Crippen LogP contribution in [0.1, 0.15) is 18.4 Å². The maximum atomic E-state index is 12.6. The molecule has 1 amide bonds. The number of likely N-dealkylation sites (tertiary alicyclic amines) is 1. The largest absolute Gasteiger partial charge is 0.480 e. The van der Waals surface area contributed by atoms with Gasteiger partial charge >= 0.3 is 0 Å². The Kier molecular flexibility index (Phi) is 3.92. The summed E-state index contributed by atoms with van der Waals surface area (Å²) >= 11 is 0. The zero-order chi connectivity index (χ0) is 13.9. The molecule has 1 aromatic carbocycles. The molecule has 108 valence electrons. The average Bonchev–Trinajstić information content (AvgIpc) is 2.91. The molecule has 1 fully saturated rings. The highest BCUT2D eigenvalue weighted by atomic mass is 16.5. The van der Waals surface area contributed by atoms with Crippen LogP contribution in [0.2, 0.25) is 0 Å². The van der Waals surface area contributed by atoms with Gasteiger partial charge in [0, 0.05) is 19.5 Å². The molecule has 4 nitrogen and oxygen atoms in total. The Morgan fingerprint density at radius 3 is 3.10 bits per heavy atom. The van der Waals surface area contributed by atoms with Crippen molar-refractivity contribution in [2.75, 3.05) is 26.7 Å². The average molecular weight is 274 g/mol. The molecule has 0 spiro atoms. The van der Waals surface area contributed by atoms with E-state index in [2.05, 4.69) is 5.32 Å². The molecule has 1 N–H and O–H groups in total. The van der Waals surface area contributed by atoms with E-state index in [1.54, 1.807) is 0 Å². The van der Waals surface area contributed by atoms with Crippen LogP contribution in [0, 0.1) is 5.92 Å². The van der Waals surface area contributed by atoms with Gasteiger partial charge in [-0.1, -0.05) is 18.2 Å². The molecule has 0 aromatic heterocycles. The van der Waals surface area contributed by atoms with Crippen LogP contribution >= 0.6 is 0 Å². The fourth-order valence-electron chi connectivity index (χ4n) is 3.24. The van der Waals surface area contributed by atoms with Crippen LogP contribution in [0.5, 0.6) is 5.75 Å². The first-order chi connectivity index (χ1) is 9.78. The molecule has 0 radical (unpaired) electrons. The number of amides is 1. The maximum Gasteiger partial charge on any atom is 0.264 e. The monoisotopic (exact) mass is 274 g/mol. The number of hydrogen-bond donors (Lipinski definition) is 1. The maximum absolute atomic E-state index is 12.6. The van der Waals surface area contributed by atoms with Crippen molar-refractivity contribution >= 4 is 5.91 Å². The second kappa shape index (κ2) is 5.83. The van der Waals surface area contributed by atoms with E-state index in [4.69, 9.17) is 4.74 Å². The highest BCUT2D eigenvalue weighted by molar-refractivity contribution is 5.82. The predicted molar refractivity (Wildman–Crippen MR) is 77.8 cm³/mol. The minimum Gasteiger partial charge on any atom is -0.480 e. The number of nitrogens with one attached hydrogen (secondary N) is 1. The summed E-state index contributed by atoms with van der Waals surface area (Å²) in [5.41, 5.74) is 1.15. The molecule has 1 saturated heterocycles. The lowest BCUT2D eigenvalue weighted by Gasteiger charge is -2.34. The lowest BCUT2D eigenvalue weighted by Crippen LogP contribution is -2.47. The Labute approximate surface area is 120 Å². The van der Waals surface area contributed by atoms with Crippen LogP contribution in [-0.4, -0.2) is 43.6 Å². The number of piperidine rings is 1. The Morgan fingerprint density at radius 2 is 2.30 bits per heavy atom. The van der Waals surface area contributed by atoms with E-state index in [-0.39, 0.29) is 12.0 Å². The van der Waals surface area contributed by atoms with Gasteiger partial charge in [-0.3, -0.25) is 4.79 Å². The molecule has 2 heterocycles. The number of rotatable bonds is 3. The SMILES string of the molecule is CNCC1CCCN(C(=O)C2Cc3ccccc3O2)C1. The van der Waals surface area contributed by atoms with E-state index in [0.717, 1.165) is 37.4 Å². The summed E-state index contributed by atoms with van der Waals surface area (Å²) in [5.74, 6) is 1.60. The van der Waals surface area contributed by atoms with Gasteiger partial charge in [-0.05, 0) is 44.0 Å². The van der Waals surface area contributed by atoms with Crippen molar-refractivity contribution in [3.05, 3.63) is 29.8 Å². The molecule has 2 unspecified atom stereocenters. The Morgan fingerprint density at radius 1 is 1.45 bits per heavy atom. The second-order valence-electron chi connectivity index (χ2n) is 5.77. The minimum atomic E-state index is -0.319. The van der Waals surface area contributed by atoms with E-state index < -0.39 is 0 Å². The normalized spacial score (nSPS) is 25.1. The number of carbonyl (C=O) groups excluding carboxylic acids is 1. The van der Waals surface area contributed by atoms with Gasteiger partial charge in [-0.15, -0.1) is 0 Å². The molecular weight excluding hydrogens is 252 g/mol. The topological polar surface area (TPSA) is 41.6 Å². The summed E-state index contributed by atoms with van der Waals surface area (Å²) in [5, 5.41) is 3.21. The lowest BCUT2D eigenvalue weighted by molar-refractivity contribution is -0.139. The third-order valence-corrected chi connectivity index (χ3v) is 4.25. The van der Waals surface area contributed by atoms with Gasteiger partial charge in [-0.2, -0.15) is 0 Å². The zero-order valence-electron chi connectivity index (χ0n) is 12.0. The summed E-state index contributed by atoms with van der Waals surface area (Å²) in [4.78, 5) is 14.6. The smallest absolute Gasteiger partial charge is 0.264 e. The molecule has 2 aliphatic rings. The molecule has 2 atom stereocenters. The summed E-state index contributed by atoms with van der Waals surface area (Å²) < 4.78 is 5.81. The molecule has 2 aliphatic heterocycles. The van der Waals surface area contributed by atoms with E-state index in [9.17, 15) is 4.79 Å². The van der Waals surface area contributed by atoms with E-state index in [0.29, 0.717) is 12.3 Å². The van der Waals surface area contributed by atoms with E-state index in [1.165, 1.54) is 6.42 Å². The van der Waals surface area contributed by atoms with Gasteiger partial charge in [0.25, 0.3) is 5.91 Å². The van der Waals surface area contributed by atoms with Crippen molar-refractivity contribution < 1.29 is 9.53 Å². The van der Waals surface area contributed by atoms with E-state index in [1.807, 2.05) is 36.2 Å². The predicted octanol–water partition coefficient (Wildman–Crippen LogP) is 1.45. The van der Waals surface area contributed by atoms with Crippen LogP contribution < -0.4 is 10.1 Å². The van der Waals surface area contributed by atoms with Crippen LogP contribution in [0.4, 0.5) is 0 Å². The first-order valence-electron chi connectivity index (χ1n) is 7.46. The number of hydrogen-bond acceptors (Lipinski definition) is 3. The number of carbonyl (C=O) groups is 1. The molecule has 1 aromatic rings. The zero-order valence-corrected chi connectivity index (χ0v) is 12.0. The van der Waals surface area contributed by atoms with Crippen molar-refractivity contribution in [3.63, 3.8) is 0 Å².